The fourth-order valence-corrected chi connectivity index (χ4v) is 3.73. The number of hydrogen-bond donors (Lipinski definition) is 2. The maximum Gasteiger partial charge on any atom is 0.293 e. The van der Waals surface area contributed by atoms with E-state index >= 15 is 0 Å². The lowest BCUT2D eigenvalue weighted by molar-refractivity contribution is 0.0771. The van der Waals surface area contributed by atoms with Gasteiger partial charge in [-0.25, -0.2) is 4.98 Å². The number of hydrogen-bond acceptors (Lipinski definition) is 4. The number of likely N-dealkylation sites (tertiary alicyclic amines) is 1. The lowest BCUT2D eigenvalue weighted by Crippen LogP contribution is -2.38. The highest BCUT2D eigenvalue weighted by Gasteiger charge is 2.41. The molecule has 1 aromatic heterocycles. The predicted molar refractivity (Wildman–Crippen MR) is 73.1 cm³/mol. The van der Waals surface area contributed by atoms with E-state index in [2.05, 4.69) is 15.2 Å². The highest BCUT2D eigenvalue weighted by molar-refractivity contribution is 5.90. The molecule has 0 bridgehead atoms. The topological polar surface area (TPSA) is 87.9 Å². The van der Waals surface area contributed by atoms with E-state index in [1.54, 1.807) is 0 Å². The molecule has 2 aliphatic carbocycles. The third-order valence-corrected chi connectivity index (χ3v) is 5.10. The van der Waals surface area contributed by atoms with Gasteiger partial charge in [0, 0.05) is 25.0 Å². The standard InChI is InChI=1S/C14H21N5O/c15-11-3-1-2-9-6-19(7-10(9)11)14(20)13-16-12(17-18-13)8-4-5-8/h8-11H,1-7,15H2,(H,16,17,18). The van der Waals surface area contributed by atoms with E-state index in [0.29, 0.717) is 23.6 Å². The first kappa shape index (κ1) is 12.3. The molecule has 0 radical (unpaired) electrons. The van der Waals surface area contributed by atoms with Crippen LogP contribution < -0.4 is 5.73 Å². The fourth-order valence-electron chi connectivity index (χ4n) is 3.73. The summed E-state index contributed by atoms with van der Waals surface area (Å²) in [6.07, 6.45) is 5.80. The average Bonchev–Trinajstić information content (AvgIpc) is 3.03. The fraction of sp³-hybridized carbons (Fsp3) is 0.786. The molecule has 3 N–H and O–H groups in total. The maximum absolute atomic E-state index is 12.5. The van der Waals surface area contributed by atoms with Crippen molar-refractivity contribution in [2.24, 2.45) is 17.6 Å². The van der Waals surface area contributed by atoms with Crippen molar-refractivity contribution in [1.82, 2.24) is 20.1 Å². The molecule has 4 rings (SSSR count). The predicted octanol–water partition coefficient (Wildman–Crippen LogP) is 0.881. The van der Waals surface area contributed by atoms with E-state index in [9.17, 15) is 4.79 Å². The minimum absolute atomic E-state index is 0.0326. The van der Waals surface area contributed by atoms with Crippen molar-refractivity contribution in [3.63, 3.8) is 0 Å². The van der Waals surface area contributed by atoms with Crippen LogP contribution in [0.4, 0.5) is 0 Å². The van der Waals surface area contributed by atoms with Crippen LogP contribution in [-0.4, -0.2) is 45.1 Å². The average molecular weight is 275 g/mol. The number of nitrogens with zero attached hydrogens (tertiary/aromatic N) is 3. The zero-order valence-corrected chi connectivity index (χ0v) is 11.6. The molecule has 108 valence electrons. The summed E-state index contributed by atoms with van der Waals surface area (Å²) in [6, 6.07) is 0.251. The lowest BCUT2D eigenvalue weighted by Gasteiger charge is -2.29. The number of carbonyl (C=O) groups is 1. The zero-order chi connectivity index (χ0) is 13.7. The SMILES string of the molecule is NC1CCCC2CN(C(=O)c3n[nH]c(C4CC4)n3)CC12. The van der Waals surface area contributed by atoms with Gasteiger partial charge in [-0.15, -0.1) is 5.10 Å². The van der Waals surface area contributed by atoms with Gasteiger partial charge in [0.2, 0.25) is 5.82 Å². The molecule has 2 heterocycles. The van der Waals surface area contributed by atoms with E-state index in [-0.39, 0.29) is 11.9 Å². The Morgan fingerprint density at radius 3 is 2.85 bits per heavy atom. The summed E-state index contributed by atoms with van der Waals surface area (Å²) in [5, 5.41) is 7.01. The quantitative estimate of drug-likeness (QED) is 0.838. The van der Waals surface area contributed by atoms with Gasteiger partial charge in [0.25, 0.3) is 5.91 Å². The van der Waals surface area contributed by atoms with E-state index in [1.165, 1.54) is 12.8 Å². The molecule has 3 fully saturated rings. The van der Waals surface area contributed by atoms with Crippen molar-refractivity contribution >= 4 is 5.91 Å². The van der Waals surface area contributed by atoms with Gasteiger partial charge in [0.15, 0.2) is 0 Å². The van der Waals surface area contributed by atoms with Gasteiger partial charge in [-0.05, 0) is 37.5 Å². The number of aromatic nitrogens is 3. The Bertz CT molecular complexity index is 523. The number of carbonyl (C=O) groups excluding carboxylic acids is 1. The van der Waals surface area contributed by atoms with Gasteiger partial charge < -0.3 is 10.6 Å². The second-order valence-electron chi connectivity index (χ2n) is 6.55. The van der Waals surface area contributed by atoms with E-state index < -0.39 is 0 Å². The normalized spacial score (nSPS) is 33.2. The number of aromatic amines is 1. The summed E-state index contributed by atoms with van der Waals surface area (Å²) in [6.45, 7) is 1.60. The van der Waals surface area contributed by atoms with Crippen LogP contribution in [0.2, 0.25) is 0 Å². The van der Waals surface area contributed by atoms with Gasteiger partial charge in [0.1, 0.15) is 5.82 Å². The van der Waals surface area contributed by atoms with Crippen LogP contribution in [0, 0.1) is 11.8 Å². The van der Waals surface area contributed by atoms with Gasteiger partial charge in [-0.2, -0.15) is 0 Å². The number of H-pyrrole nitrogens is 1. The molecule has 20 heavy (non-hydrogen) atoms. The van der Waals surface area contributed by atoms with Crippen molar-refractivity contribution in [2.75, 3.05) is 13.1 Å². The second-order valence-corrected chi connectivity index (χ2v) is 6.55. The molecule has 6 nitrogen and oxygen atoms in total. The van der Waals surface area contributed by atoms with Crippen molar-refractivity contribution in [3.05, 3.63) is 11.6 Å². The summed E-state index contributed by atoms with van der Waals surface area (Å²) < 4.78 is 0. The van der Waals surface area contributed by atoms with Crippen LogP contribution in [0.15, 0.2) is 0 Å². The molecule has 1 aliphatic heterocycles. The van der Waals surface area contributed by atoms with Crippen molar-refractivity contribution < 1.29 is 4.79 Å². The first-order valence-corrected chi connectivity index (χ1v) is 7.69. The van der Waals surface area contributed by atoms with Crippen LogP contribution in [0.25, 0.3) is 0 Å². The monoisotopic (exact) mass is 275 g/mol. The van der Waals surface area contributed by atoms with Crippen molar-refractivity contribution in [1.29, 1.82) is 0 Å². The number of rotatable bonds is 2. The second kappa shape index (κ2) is 4.55. The molecule has 1 saturated heterocycles. The highest BCUT2D eigenvalue weighted by Crippen LogP contribution is 2.38. The van der Waals surface area contributed by atoms with Gasteiger partial charge in [-0.3, -0.25) is 9.89 Å². The first-order valence-electron chi connectivity index (χ1n) is 7.69. The first-order chi connectivity index (χ1) is 9.72. The van der Waals surface area contributed by atoms with Crippen LogP contribution in [0.1, 0.15) is 54.5 Å². The molecular formula is C14H21N5O. The summed E-state index contributed by atoms with van der Waals surface area (Å²) in [4.78, 5) is 18.8. The smallest absolute Gasteiger partial charge is 0.293 e. The summed E-state index contributed by atoms with van der Waals surface area (Å²) in [5.41, 5.74) is 6.20. The molecule has 6 heteroatoms. The van der Waals surface area contributed by atoms with Gasteiger partial charge in [-0.1, -0.05) is 6.42 Å². The van der Waals surface area contributed by atoms with Crippen LogP contribution in [0.5, 0.6) is 0 Å². The molecule has 0 spiro atoms. The molecule has 1 aromatic rings. The van der Waals surface area contributed by atoms with Gasteiger partial charge >= 0.3 is 0 Å². The largest absolute Gasteiger partial charge is 0.335 e. The Morgan fingerprint density at radius 1 is 1.25 bits per heavy atom. The Kier molecular flexibility index (Phi) is 2.80. The van der Waals surface area contributed by atoms with Crippen LogP contribution in [0.3, 0.4) is 0 Å². The van der Waals surface area contributed by atoms with Crippen molar-refractivity contribution in [2.45, 2.75) is 44.1 Å². The summed E-state index contributed by atoms with van der Waals surface area (Å²) >= 11 is 0. The third-order valence-electron chi connectivity index (χ3n) is 5.10. The molecule has 1 amide bonds. The molecule has 2 saturated carbocycles. The molecule has 3 aliphatic rings. The maximum atomic E-state index is 12.5. The Labute approximate surface area is 118 Å². The molecule has 3 unspecified atom stereocenters. The highest BCUT2D eigenvalue weighted by atomic mass is 16.2. The van der Waals surface area contributed by atoms with Crippen molar-refractivity contribution in [3.8, 4) is 0 Å². The number of amides is 1. The Balaban J connectivity index is 1.48. The minimum atomic E-state index is -0.0326. The van der Waals surface area contributed by atoms with Gasteiger partial charge in [0.05, 0.1) is 0 Å². The summed E-state index contributed by atoms with van der Waals surface area (Å²) in [7, 11) is 0. The Hall–Kier alpha value is -1.43. The third kappa shape index (κ3) is 2.02. The van der Waals surface area contributed by atoms with Crippen LogP contribution in [-0.2, 0) is 0 Å². The van der Waals surface area contributed by atoms with E-state index in [0.717, 1.165) is 38.2 Å². The minimum Gasteiger partial charge on any atom is -0.335 e. The van der Waals surface area contributed by atoms with Crippen LogP contribution >= 0.6 is 0 Å². The molecule has 0 aromatic carbocycles. The molecule has 3 atom stereocenters. The number of nitrogens with two attached hydrogens (primary N) is 1. The Morgan fingerprint density at radius 2 is 2.10 bits per heavy atom. The lowest BCUT2D eigenvalue weighted by atomic mass is 9.78. The number of fused-ring (bicyclic) bond motifs is 1. The summed E-state index contributed by atoms with van der Waals surface area (Å²) in [5.74, 6) is 2.72. The number of nitrogens with one attached hydrogen (secondary N) is 1. The zero-order valence-electron chi connectivity index (χ0n) is 11.6. The molecular weight excluding hydrogens is 254 g/mol. The van der Waals surface area contributed by atoms with E-state index in [4.69, 9.17) is 5.73 Å². The van der Waals surface area contributed by atoms with E-state index in [1.807, 2.05) is 4.90 Å².